The largest absolute Gasteiger partial charge is 0.440 e. The molecule has 1 aromatic heterocycles. The highest BCUT2D eigenvalue weighted by atomic mass is 35.5. The first kappa shape index (κ1) is 12.2. The zero-order valence-corrected chi connectivity index (χ0v) is 10.7. The van der Waals surface area contributed by atoms with Gasteiger partial charge in [-0.3, -0.25) is 4.79 Å². The summed E-state index contributed by atoms with van der Waals surface area (Å²) < 4.78 is 5.09. The maximum absolute atomic E-state index is 12.1. The van der Waals surface area contributed by atoms with Crippen LogP contribution in [0.2, 0.25) is 5.02 Å². The van der Waals surface area contributed by atoms with Gasteiger partial charge in [-0.2, -0.15) is 0 Å². The van der Waals surface area contributed by atoms with Gasteiger partial charge < -0.3 is 4.42 Å². The zero-order valence-electron chi connectivity index (χ0n) is 9.09. The van der Waals surface area contributed by atoms with E-state index in [4.69, 9.17) is 16.0 Å². The van der Waals surface area contributed by atoms with Crippen molar-refractivity contribution in [3.05, 3.63) is 47.3 Å². The van der Waals surface area contributed by atoms with Crippen LogP contribution in [-0.4, -0.2) is 16.0 Å². The molecule has 2 aromatic rings. The average Bonchev–Trinajstić information content (AvgIpc) is 2.80. The van der Waals surface area contributed by atoms with E-state index in [1.54, 1.807) is 30.5 Å². The van der Waals surface area contributed by atoms with Gasteiger partial charge in [0.05, 0.1) is 11.4 Å². The number of ketones is 1. The Morgan fingerprint density at radius 3 is 3.00 bits per heavy atom. The molecule has 0 saturated carbocycles. The van der Waals surface area contributed by atoms with Gasteiger partial charge in [0.15, 0.2) is 5.78 Å². The molecule has 0 fully saturated rings. The lowest BCUT2D eigenvalue weighted by Crippen LogP contribution is -2.13. The number of rotatable bonds is 4. The number of Topliss-reactive ketones (excluding diaryl/α,β-unsaturated/α-hetero) is 1. The molecule has 0 aliphatic heterocycles. The molecule has 0 aliphatic rings. The van der Waals surface area contributed by atoms with Crippen molar-refractivity contribution in [2.75, 3.05) is 0 Å². The van der Waals surface area contributed by atoms with E-state index >= 15 is 0 Å². The van der Waals surface area contributed by atoms with E-state index in [2.05, 4.69) is 4.98 Å². The molecule has 1 heterocycles. The first-order valence-corrected chi connectivity index (χ1v) is 6.28. The number of hydrogen-bond acceptors (Lipinski definition) is 4. The van der Waals surface area contributed by atoms with Crippen molar-refractivity contribution >= 4 is 29.1 Å². The SMILES string of the molecule is CC(Sc1ncco1)C(=O)c1cccc(Cl)c1. The summed E-state index contributed by atoms with van der Waals surface area (Å²) in [5.41, 5.74) is 0.601. The molecular formula is C12H10ClNO2S. The summed E-state index contributed by atoms with van der Waals surface area (Å²) in [6.45, 7) is 1.82. The number of hydrogen-bond donors (Lipinski definition) is 0. The second-order valence-corrected chi connectivity index (χ2v) is 5.16. The molecule has 2 rings (SSSR count). The van der Waals surface area contributed by atoms with Gasteiger partial charge in [0, 0.05) is 10.6 Å². The second kappa shape index (κ2) is 5.38. The van der Waals surface area contributed by atoms with Crippen molar-refractivity contribution in [1.82, 2.24) is 4.98 Å². The third kappa shape index (κ3) is 3.11. The Balaban J connectivity index is 2.09. The van der Waals surface area contributed by atoms with Crippen LogP contribution in [0.15, 0.2) is 46.4 Å². The highest BCUT2D eigenvalue weighted by Crippen LogP contribution is 2.24. The molecule has 0 saturated heterocycles. The van der Waals surface area contributed by atoms with E-state index in [9.17, 15) is 4.79 Å². The van der Waals surface area contributed by atoms with Crippen LogP contribution in [0.1, 0.15) is 17.3 Å². The van der Waals surface area contributed by atoms with Crippen LogP contribution in [-0.2, 0) is 0 Å². The van der Waals surface area contributed by atoms with E-state index in [0.717, 1.165) is 0 Å². The summed E-state index contributed by atoms with van der Waals surface area (Å²) in [7, 11) is 0. The monoisotopic (exact) mass is 267 g/mol. The Hall–Kier alpha value is -1.26. The Morgan fingerprint density at radius 1 is 1.53 bits per heavy atom. The molecule has 88 valence electrons. The van der Waals surface area contributed by atoms with E-state index in [0.29, 0.717) is 15.8 Å². The first-order valence-electron chi connectivity index (χ1n) is 5.03. The lowest BCUT2D eigenvalue weighted by Gasteiger charge is -2.07. The van der Waals surface area contributed by atoms with Crippen LogP contribution in [0.25, 0.3) is 0 Å². The summed E-state index contributed by atoms with van der Waals surface area (Å²) in [6.07, 6.45) is 3.04. The minimum Gasteiger partial charge on any atom is -0.440 e. The van der Waals surface area contributed by atoms with Gasteiger partial charge in [-0.05, 0) is 19.1 Å². The molecule has 3 nitrogen and oxygen atoms in total. The Bertz CT molecular complexity index is 513. The fourth-order valence-corrected chi connectivity index (χ4v) is 2.32. The molecule has 0 amide bonds. The maximum Gasteiger partial charge on any atom is 0.256 e. The van der Waals surface area contributed by atoms with Crippen molar-refractivity contribution in [1.29, 1.82) is 0 Å². The minimum atomic E-state index is -0.257. The fraction of sp³-hybridized carbons (Fsp3) is 0.167. The zero-order chi connectivity index (χ0) is 12.3. The van der Waals surface area contributed by atoms with Crippen LogP contribution < -0.4 is 0 Å². The summed E-state index contributed by atoms with van der Waals surface area (Å²) in [5, 5.41) is 0.796. The number of carbonyl (C=O) groups is 1. The van der Waals surface area contributed by atoms with Crippen LogP contribution in [0.5, 0.6) is 0 Å². The van der Waals surface area contributed by atoms with Gasteiger partial charge in [0.25, 0.3) is 5.22 Å². The van der Waals surface area contributed by atoms with Gasteiger partial charge in [-0.15, -0.1) is 0 Å². The number of benzene rings is 1. The average molecular weight is 268 g/mol. The highest BCUT2D eigenvalue weighted by molar-refractivity contribution is 8.00. The van der Waals surface area contributed by atoms with Crippen molar-refractivity contribution in [2.24, 2.45) is 0 Å². The van der Waals surface area contributed by atoms with E-state index in [1.165, 1.54) is 18.0 Å². The summed E-state index contributed by atoms with van der Waals surface area (Å²) in [5.74, 6) is 0.00991. The minimum absolute atomic E-state index is 0.00991. The molecule has 1 atom stereocenters. The number of oxazole rings is 1. The molecule has 0 N–H and O–H groups in total. The van der Waals surface area contributed by atoms with Gasteiger partial charge in [-0.1, -0.05) is 35.5 Å². The molecule has 5 heteroatoms. The number of thioether (sulfide) groups is 1. The predicted octanol–water partition coefficient (Wildman–Crippen LogP) is 3.69. The number of halogens is 1. The summed E-state index contributed by atoms with van der Waals surface area (Å²) >= 11 is 7.14. The van der Waals surface area contributed by atoms with E-state index in [-0.39, 0.29) is 11.0 Å². The molecule has 17 heavy (non-hydrogen) atoms. The first-order chi connectivity index (χ1) is 8.16. The van der Waals surface area contributed by atoms with Crippen molar-refractivity contribution in [2.45, 2.75) is 17.4 Å². The standard InChI is InChI=1S/C12H10ClNO2S/c1-8(17-12-14-5-6-16-12)11(15)9-3-2-4-10(13)7-9/h2-8H,1H3. The molecule has 0 aliphatic carbocycles. The lowest BCUT2D eigenvalue weighted by molar-refractivity contribution is 0.0993. The molecule has 0 radical (unpaired) electrons. The Kier molecular flexibility index (Phi) is 3.86. The maximum atomic E-state index is 12.1. The normalized spacial score (nSPS) is 12.4. The molecule has 0 spiro atoms. The molecule has 1 unspecified atom stereocenters. The van der Waals surface area contributed by atoms with Crippen LogP contribution in [0.4, 0.5) is 0 Å². The van der Waals surface area contributed by atoms with Crippen LogP contribution in [0, 0.1) is 0 Å². The third-order valence-corrected chi connectivity index (χ3v) is 3.37. The van der Waals surface area contributed by atoms with Crippen molar-refractivity contribution in [3.8, 4) is 0 Å². The van der Waals surface area contributed by atoms with Crippen LogP contribution >= 0.6 is 23.4 Å². The number of aromatic nitrogens is 1. The van der Waals surface area contributed by atoms with Crippen LogP contribution in [0.3, 0.4) is 0 Å². The lowest BCUT2D eigenvalue weighted by atomic mass is 10.1. The van der Waals surface area contributed by atoms with Gasteiger partial charge in [-0.25, -0.2) is 4.98 Å². The molecular weight excluding hydrogens is 258 g/mol. The predicted molar refractivity (Wildman–Crippen MR) is 67.6 cm³/mol. The van der Waals surface area contributed by atoms with E-state index in [1.807, 2.05) is 6.92 Å². The fourth-order valence-electron chi connectivity index (χ4n) is 1.35. The molecule has 0 bridgehead atoms. The quantitative estimate of drug-likeness (QED) is 0.626. The van der Waals surface area contributed by atoms with Gasteiger partial charge in [0.1, 0.15) is 6.26 Å². The Labute approximate surface area is 108 Å². The summed E-state index contributed by atoms with van der Waals surface area (Å²) in [6, 6.07) is 6.92. The molecule has 1 aromatic carbocycles. The van der Waals surface area contributed by atoms with Gasteiger partial charge >= 0.3 is 0 Å². The topological polar surface area (TPSA) is 43.1 Å². The summed E-state index contributed by atoms with van der Waals surface area (Å²) in [4.78, 5) is 16.0. The van der Waals surface area contributed by atoms with E-state index < -0.39 is 0 Å². The number of carbonyl (C=O) groups excluding carboxylic acids is 1. The van der Waals surface area contributed by atoms with Gasteiger partial charge in [0.2, 0.25) is 0 Å². The van der Waals surface area contributed by atoms with Crippen molar-refractivity contribution < 1.29 is 9.21 Å². The highest BCUT2D eigenvalue weighted by Gasteiger charge is 2.18. The smallest absolute Gasteiger partial charge is 0.256 e. The second-order valence-electron chi connectivity index (χ2n) is 3.43. The van der Waals surface area contributed by atoms with Crippen molar-refractivity contribution in [3.63, 3.8) is 0 Å². The third-order valence-electron chi connectivity index (χ3n) is 2.17. The Morgan fingerprint density at radius 2 is 2.35 bits per heavy atom. The number of nitrogens with zero attached hydrogens (tertiary/aromatic N) is 1.